The van der Waals surface area contributed by atoms with Crippen molar-refractivity contribution in [1.82, 2.24) is 9.80 Å². The van der Waals surface area contributed by atoms with Gasteiger partial charge in [0.15, 0.2) is 0 Å². The van der Waals surface area contributed by atoms with Crippen molar-refractivity contribution in [2.24, 2.45) is 0 Å². The third-order valence-electron chi connectivity index (χ3n) is 6.91. The number of anilines is 1. The Hall–Kier alpha value is -3.53. The summed E-state index contributed by atoms with van der Waals surface area (Å²) in [4.78, 5) is 19.4. The number of hydrogen-bond acceptors (Lipinski definition) is 3. The van der Waals surface area contributed by atoms with E-state index in [1.165, 1.54) is 11.9 Å². The molecule has 0 aliphatic carbocycles. The fourth-order valence-corrected chi connectivity index (χ4v) is 4.80. The van der Waals surface area contributed by atoms with Crippen LogP contribution < -0.4 is 4.90 Å². The third-order valence-corrected chi connectivity index (χ3v) is 6.91. The van der Waals surface area contributed by atoms with Crippen LogP contribution in [0.15, 0.2) is 78.9 Å². The van der Waals surface area contributed by atoms with Crippen molar-refractivity contribution in [1.29, 1.82) is 0 Å². The van der Waals surface area contributed by atoms with Gasteiger partial charge in [-0.05, 0) is 47.9 Å². The standard InChI is InChI=1S/C29H29F6N3O/c1-36(13-12-21-18-23(28(30,31)32)20-24(19-21)29(33,34)35)27(39)26(22-8-4-2-5-9-22)38-16-14-37(15-17-38)25-10-6-3-7-11-25/h2-11,18-20,26H,12-17H2,1H3. The molecule has 4 rings (SSSR count). The Kier molecular flexibility index (Phi) is 8.54. The number of para-hydroxylation sites is 1. The summed E-state index contributed by atoms with van der Waals surface area (Å²) in [7, 11) is 1.52. The van der Waals surface area contributed by atoms with E-state index < -0.39 is 29.5 Å². The molecule has 0 saturated carbocycles. The second-order valence-electron chi connectivity index (χ2n) is 9.60. The summed E-state index contributed by atoms with van der Waals surface area (Å²) in [5, 5.41) is 0. The molecule has 1 unspecified atom stereocenters. The molecule has 39 heavy (non-hydrogen) atoms. The van der Waals surface area contributed by atoms with Crippen molar-refractivity contribution in [2.45, 2.75) is 24.8 Å². The van der Waals surface area contributed by atoms with Gasteiger partial charge in [-0.3, -0.25) is 9.69 Å². The number of carbonyl (C=O) groups excluding carboxylic acids is 1. The van der Waals surface area contributed by atoms with Crippen molar-refractivity contribution >= 4 is 11.6 Å². The molecular weight excluding hydrogens is 520 g/mol. The molecule has 1 aliphatic heterocycles. The van der Waals surface area contributed by atoms with Crippen LogP contribution >= 0.6 is 0 Å². The smallest absolute Gasteiger partial charge is 0.369 e. The molecule has 208 valence electrons. The maximum Gasteiger partial charge on any atom is 0.416 e. The number of alkyl halides is 6. The topological polar surface area (TPSA) is 26.8 Å². The third kappa shape index (κ3) is 7.11. The average Bonchev–Trinajstić information content (AvgIpc) is 2.92. The largest absolute Gasteiger partial charge is 0.416 e. The Labute approximate surface area is 223 Å². The van der Waals surface area contributed by atoms with E-state index in [9.17, 15) is 31.1 Å². The predicted molar refractivity (Wildman–Crippen MR) is 137 cm³/mol. The molecule has 0 aromatic heterocycles. The summed E-state index contributed by atoms with van der Waals surface area (Å²) in [5.41, 5.74) is -0.985. The molecule has 1 heterocycles. The zero-order chi connectivity index (χ0) is 28.2. The first kappa shape index (κ1) is 28.5. The normalized spacial score (nSPS) is 15.7. The highest BCUT2D eigenvalue weighted by atomic mass is 19.4. The van der Waals surface area contributed by atoms with Gasteiger partial charge in [0, 0.05) is 45.5 Å². The van der Waals surface area contributed by atoms with E-state index >= 15 is 0 Å². The van der Waals surface area contributed by atoms with Crippen LogP contribution in [0.5, 0.6) is 0 Å². The quantitative estimate of drug-likeness (QED) is 0.324. The second-order valence-corrected chi connectivity index (χ2v) is 9.60. The summed E-state index contributed by atoms with van der Waals surface area (Å²) in [6, 6.07) is 20.1. The number of halogens is 6. The average molecular weight is 550 g/mol. The van der Waals surface area contributed by atoms with Gasteiger partial charge in [-0.2, -0.15) is 26.3 Å². The summed E-state index contributed by atoms with van der Waals surface area (Å²) >= 11 is 0. The SMILES string of the molecule is CN(CCc1cc(C(F)(F)F)cc(C(F)(F)F)c1)C(=O)C(c1ccccc1)N1CCN(c2ccccc2)CC1. The number of likely N-dealkylation sites (N-methyl/N-ethyl adjacent to an activating group) is 1. The predicted octanol–water partition coefficient (Wildman–Crippen LogP) is 6.29. The Morgan fingerprint density at radius 2 is 1.31 bits per heavy atom. The maximum atomic E-state index is 13.7. The molecule has 1 fully saturated rings. The van der Waals surface area contributed by atoms with E-state index in [4.69, 9.17) is 0 Å². The summed E-state index contributed by atoms with van der Waals surface area (Å²) < 4.78 is 79.5. The number of benzene rings is 3. The molecule has 1 amide bonds. The van der Waals surface area contributed by atoms with Crippen molar-refractivity contribution in [3.8, 4) is 0 Å². The van der Waals surface area contributed by atoms with Gasteiger partial charge in [0.25, 0.3) is 0 Å². The second kappa shape index (κ2) is 11.7. The minimum Gasteiger partial charge on any atom is -0.369 e. The number of rotatable bonds is 7. The first-order chi connectivity index (χ1) is 18.4. The molecule has 10 heteroatoms. The van der Waals surface area contributed by atoms with E-state index in [1.807, 2.05) is 60.7 Å². The molecule has 0 spiro atoms. The molecule has 4 nitrogen and oxygen atoms in total. The zero-order valence-electron chi connectivity index (χ0n) is 21.3. The van der Waals surface area contributed by atoms with E-state index in [2.05, 4.69) is 9.80 Å². The lowest BCUT2D eigenvalue weighted by molar-refractivity contribution is -0.143. The number of piperazine rings is 1. The van der Waals surface area contributed by atoms with Crippen LogP contribution in [0.3, 0.4) is 0 Å². The minimum atomic E-state index is -4.92. The lowest BCUT2D eigenvalue weighted by Gasteiger charge is -2.40. The number of hydrogen-bond donors (Lipinski definition) is 0. The van der Waals surface area contributed by atoms with Gasteiger partial charge in [0.2, 0.25) is 5.91 Å². The highest BCUT2D eigenvalue weighted by Gasteiger charge is 2.37. The maximum absolute atomic E-state index is 13.7. The monoisotopic (exact) mass is 549 g/mol. The first-order valence-corrected chi connectivity index (χ1v) is 12.6. The van der Waals surface area contributed by atoms with Crippen LogP contribution in [0.1, 0.15) is 28.3 Å². The molecular formula is C29H29F6N3O. The van der Waals surface area contributed by atoms with Crippen LogP contribution in [-0.4, -0.2) is 55.5 Å². The zero-order valence-corrected chi connectivity index (χ0v) is 21.3. The number of amides is 1. The summed E-state index contributed by atoms with van der Waals surface area (Å²) in [6.45, 7) is 2.58. The van der Waals surface area contributed by atoms with Gasteiger partial charge in [0.05, 0.1) is 11.1 Å². The van der Waals surface area contributed by atoms with E-state index in [1.54, 1.807) is 0 Å². The van der Waals surface area contributed by atoms with Crippen molar-refractivity contribution in [2.75, 3.05) is 44.7 Å². The molecule has 1 atom stereocenters. The Morgan fingerprint density at radius 3 is 1.82 bits per heavy atom. The molecule has 1 saturated heterocycles. The van der Waals surface area contributed by atoms with Gasteiger partial charge in [-0.15, -0.1) is 0 Å². The van der Waals surface area contributed by atoms with Gasteiger partial charge < -0.3 is 9.80 Å². The lowest BCUT2D eigenvalue weighted by atomic mass is 10.0. The van der Waals surface area contributed by atoms with Gasteiger partial charge in [0.1, 0.15) is 6.04 Å². The molecule has 1 aliphatic rings. The van der Waals surface area contributed by atoms with Crippen LogP contribution in [0, 0.1) is 0 Å². The van der Waals surface area contributed by atoms with E-state index in [-0.39, 0.29) is 30.5 Å². The van der Waals surface area contributed by atoms with Gasteiger partial charge in [-0.1, -0.05) is 48.5 Å². The van der Waals surface area contributed by atoms with Crippen molar-refractivity contribution in [3.63, 3.8) is 0 Å². The van der Waals surface area contributed by atoms with Gasteiger partial charge in [-0.25, -0.2) is 0 Å². The molecule has 0 bridgehead atoms. The highest BCUT2D eigenvalue weighted by Crippen LogP contribution is 2.36. The highest BCUT2D eigenvalue weighted by molar-refractivity contribution is 5.83. The van der Waals surface area contributed by atoms with Crippen LogP contribution in [-0.2, 0) is 23.6 Å². The summed E-state index contributed by atoms with van der Waals surface area (Å²) in [6.07, 6.45) is -9.99. The minimum absolute atomic E-state index is 0.0369. The van der Waals surface area contributed by atoms with E-state index in [0.717, 1.165) is 11.3 Å². The van der Waals surface area contributed by atoms with Crippen LogP contribution in [0.25, 0.3) is 0 Å². The molecule has 3 aromatic rings. The van der Waals surface area contributed by atoms with Crippen LogP contribution in [0.4, 0.5) is 32.0 Å². The fourth-order valence-electron chi connectivity index (χ4n) is 4.80. The Morgan fingerprint density at radius 1 is 0.795 bits per heavy atom. The Bertz CT molecular complexity index is 1210. The Balaban J connectivity index is 1.50. The number of carbonyl (C=O) groups is 1. The lowest BCUT2D eigenvalue weighted by Crippen LogP contribution is -2.51. The van der Waals surface area contributed by atoms with Crippen molar-refractivity contribution < 1.29 is 31.1 Å². The van der Waals surface area contributed by atoms with Gasteiger partial charge >= 0.3 is 12.4 Å². The van der Waals surface area contributed by atoms with E-state index in [0.29, 0.717) is 38.3 Å². The van der Waals surface area contributed by atoms with Crippen LogP contribution in [0.2, 0.25) is 0 Å². The molecule has 3 aromatic carbocycles. The fraction of sp³-hybridized carbons (Fsp3) is 0.345. The summed E-state index contributed by atoms with van der Waals surface area (Å²) in [5.74, 6) is -0.266. The first-order valence-electron chi connectivity index (χ1n) is 12.6. The van der Waals surface area contributed by atoms with Crippen molar-refractivity contribution in [3.05, 3.63) is 101 Å². The molecule has 0 radical (unpaired) electrons. The number of nitrogens with zero attached hydrogens (tertiary/aromatic N) is 3. The molecule has 0 N–H and O–H groups in total.